The van der Waals surface area contributed by atoms with Crippen LogP contribution in [0.15, 0.2) is 71.4 Å². The maximum atomic E-state index is 3.75. The third-order valence-corrected chi connectivity index (χ3v) is 3.93. The molecule has 0 aromatic heterocycles. The van der Waals surface area contributed by atoms with Crippen LogP contribution in [0, 0.1) is 5.41 Å². The molecule has 0 heteroatoms. The molecule has 20 heavy (non-hydrogen) atoms. The first-order valence-corrected chi connectivity index (χ1v) is 7.40. The largest absolute Gasteiger partial charge is 0.0988 e. The van der Waals surface area contributed by atoms with Crippen molar-refractivity contribution in [2.45, 2.75) is 47.5 Å². The Morgan fingerprint density at radius 2 is 1.90 bits per heavy atom. The summed E-state index contributed by atoms with van der Waals surface area (Å²) in [7, 11) is 0. The minimum absolute atomic E-state index is 0.290. The summed E-state index contributed by atoms with van der Waals surface area (Å²) < 4.78 is 0. The molecular formula is C20H28. The van der Waals surface area contributed by atoms with Gasteiger partial charge >= 0.3 is 0 Å². The SMILES string of the molecule is C=C/C(C)=C/C=CC(C)=CC=C1C(C)=CCCC1(C)C. The number of allylic oxidation sites excluding steroid dienone is 11. The monoisotopic (exact) mass is 268 g/mol. The summed E-state index contributed by atoms with van der Waals surface area (Å²) in [6, 6.07) is 0. The number of rotatable bonds is 4. The van der Waals surface area contributed by atoms with E-state index >= 15 is 0 Å². The van der Waals surface area contributed by atoms with Crippen LogP contribution in [0.2, 0.25) is 0 Å². The lowest BCUT2D eigenvalue weighted by molar-refractivity contribution is 0.404. The summed E-state index contributed by atoms with van der Waals surface area (Å²) in [6.07, 6.45) is 17.4. The maximum Gasteiger partial charge on any atom is -0.00981 e. The standard InChI is InChI=1S/C20H28/c1-7-16(2)10-8-11-17(3)13-14-19-18(4)12-9-15-20(19,5)6/h7-8,10-14H,1,9,15H2,2-6H3/b11-8?,16-10+,17-13?,19-14?. The van der Waals surface area contributed by atoms with Crippen LogP contribution in [-0.2, 0) is 0 Å². The zero-order chi connectivity index (χ0) is 15.2. The zero-order valence-electron chi connectivity index (χ0n) is 13.7. The molecule has 0 aromatic carbocycles. The smallest absolute Gasteiger partial charge is 0.00981 e. The molecule has 0 N–H and O–H groups in total. The minimum atomic E-state index is 0.290. The van der Waals surface area contributed by atoms with E-state index in [0.717, 1.165) is 0 Å². The molecule has 0 atom stereocenters. The van der Waals surface area contributed by atoms with Crippen LogP contribution < -0.4 is 0 Å². The second-order valence-corrected chi connectivity index (χ2v) is 6.27. The first-order valence-electron chi connectivity index (χ1n) is 7.40. The second-order valence-electron chi connectivity index (χ2n) is 6.27. The Labute approximate surface area is 125 Å². The molecule has 0 nitrogen and oxygen atoms in total. The summed E-state index contributed by atoms with van der Waals surface area (Å²) in [6.45, 7) is 14.8. The third kappa shape index (κ3) is 4.85. The Morgan fingerprint density at radius 3 is 2.50 bits per heavy atom. The summed E-state index contributed by atoms with van der Waals surface area (Å²) >= 11 is 0. The fraction of sp³-hybridized carbons (Fsp3) is 0.400. The van der Waals surface area contributed by atoms with Crippen molar-refractivity contribution < 1.29 is 0 Å². The molecule has 0 aromatic rings. The maximum absolute atomic E-state index is 3.75. The molecule has 1 aliphatic carbocycles. The van der Waals surface area contributed by atoms with E-state index < -0.39 is 0 Å². The van der Waals surface area contributed by atoms with E-state index in [1.54, 1.807) is 0 Å². The van der Waals surface area contributed by atoms with Crippen molar-refractivity contribution in [2.24, 2.45) is 5.41 Å². The van der Waals surface area contributed by atoms with Gasteiger partial charge in [-0.25, -0.2) is 0 Å². The third-order valence-electron chi connectivity index (χ3n) is 3.93. The van der Waals surface area contributed by atoms with Gasteiger partial charge in [-0.2, -0.15) is 0 Å². The minimum Gasteiger partial charge on any atom is -0.0988 e. The van der Waals surface area contributed by atoms with Gasteiger partial charge in [0, 0.05) is 0 Å². The van der Waals surface area contributed by atoms with Gasteiger partial charge < -0.3 is 0 Å². The molecule has 0 radical (unpaired) electrons. The lowest BCUT2D eigenvalue weighted by Gasteiger charge is -2.32. The van der Waals surface area contributed by atoms with Crippen LogP contribution in [0.1, 0.15) is 47.5 Å². The van der Waals surface area contributed by atoms with Gasteiger partial charge in [-0.15, -0.1) is 0 Å². The van der Waals surface area contributed by atoms with E-state index in [-0.39, 0.29) is 0 Å². The second kappa shape index (κ2) is 7.28. The topological polar surface area (TPSA) is 0 Å². The van der Waals surface area contributed by atoms with E-state index in [9.17, 15) is 0 Å². The number of hydrogen-bond donors (Lipinski definition) is 0. The highest BCUT2D eigenvalue weighted by atomic mass is 14.3. The molecular weight excluding hydrogens is 240 g/mol. The van der Waals surface area contributed by atoms with Crippen LogP contribution in [-0.4, -0.2) is 0 Å². The summed E-state index contributed by atoms with van der Waals surface area (Å²) in [4.78, 5) is 0. The molecule has 0 fully saturated rings. The van der Waals surface area contributed by atoms with Crippen molar-refractivity contribution in [1.82, 2.24) is 0 Å². The van der Waals surface area contributed by atoms with Crippen LogP contribution in [0.4, 0.5) is 0 Å². The van der Waals surface area contributed by atoms with E-state index in [1.165, 1.54) is 35.1 Å². The molecule has 0 saturated heterocycles. The van der Waals surface area contributed by atoms with E-state index in [1.807, 2.05) is 6.08 Å². The van der Waals surface area contributed by atoms with Gasteiger partial charge in [-0.05, 0) is 44.6 Å². The fourth-order valence-corrected chi connectivity index (χ4v) is 2.47. The zero-order valence-corrected chi connectivity index (χ0v) is 13.7. The lowest BCUT2D eigenvalue weighted by atomic mass is 9.73. The van der Waals surface area contributed by atoms with Gasteiger partial charge in [-0.1, -0.05) is 79.7 Å². The molecule has 0 aliphatic heterocycles. The Bertz CT molecular complexity index is 502. The average molecular weight is 268 g/mol. The molecule has 0 saturated carbocycles. The Balaban J connectivity index is 2.88. The van der Waals surface area contributed by atoms with Crippen molar-refractivity contribution >= 4 is 0 Å². The summed E-state index contributed by atoms with van der Waals surface area (Å²) in [5, 5.41) is 0. The molecule has 0 heterocycles. The highest BCUT2D eigenvalue weighted by Gasteiger charge is 2.26. The average Bonchev–Trinajstić information content (AvgIpc) is 2.37. The van der Waals surface area contributed by atoms with Crippen LogP contribution in [0.5, 0.6) is 0 Å². The predicted molar refractivity (Wildman–Crippen MR) is 91.7 cm³/mol. The molecule has 1 aliphatic rings. The quantitative estimate of drug-likeness (QED) is 0.524. The Hall–Kier alpha value is -1.56. The normalized spacial score (nSPS) is 22.2. The summed E-state index contributed by atoms with van der Waals surface area (Å²) in [5.41, 5.74) is 5.63. The van der Waals surface area contributed by atoms with Crippen molar-refractivity contribution in [2.75, 3.05) is 0 Å². The van der Waals surface area contributed by atoms with E-state index in [0.29, 0.717) is 5.41 Å². The fourth-order valence-electron chi connectivity index (χ4n) is 2.47. The van der Waals surface area contributed by atoms with Crippen molar-refractivity contribution in [3.63, 3.8) is 0 Å². The predicted octanol–water partition coefficient (Wildman–Crippen LogP) is 6.31. The molecule has 108 valence electrons. The van der Waals surface area contributed by atoms with Crippen LogP contribution in [0.3, 0.4) is 0 Å². The van der Waals surface area contributed by atoms with Crippen molar-refractivity contribution in [3.8, 4) is 0 Å². The van der Waals surface area contributed by atoms with Gasteiger partial charge in [-0.3, -0.25) is 0 Å². The molecule has 0 amide bonds. The van der Waals surface area contributed by atoms with Crippen molar-refractivity contribution in [3.05, 3.63) is 71.4 Å². The lowest BCUT2D eigenvalue weighted by Crippen LogP contribution is -2.18. The Kier molecular flexibility index (Phi) is 6.01. The van der Waals surface area contributed by atoms with Gasteiger partial charge in [0.15, 0.2) is 0 Å². The van der Waals surface area contributed by atoms with Gasteiger partial charge in [0.2, 0.25) is 0 Å². The van der Waals surface area contributed by atoms with Gasteiger partial charge in [0.1, 0.15) is 0 Å². The van der Waals surface area contributed by atoms with Crippen molar-refractivity contribution in [1.29, 1.82) is 0 Å². The van der Waals surface area contributed by atoms with E-state index in [2.05, 4.69) is 77.7 Å². The highest BCUT2D eigenvalue weighted by Crippen LogP contribution is 2.40. The highest BCUT2D eigenvalue weighted by molar-refractivity contribution is 5.40. The van der Waals surface area contributed by atoms with Crippen LogP contribution in [0.25, 0.3) is 0 Å². The van der Waals surface area contributed by atoms with Crippen LogP contribution >= 0.6 is 0 Å². The molecule has 0 bridgehead atoms. The summed E-state index contributed by atoms with van der Waals surface area (Å²) in [5.74, 6) is 0. The molecule has 0 unspecified atom stereocenters. The molecule has 1 rings (SSSR count). The molecule has 0 spiro atoms. The Morgan fingerprint density at radius 1 is 1.20 bits per heavy atom. The van der Waals surface area contributed by atoms with E-state index in [4.69, 9.17) is 0 Å². The first kappa shape index (κ1) is 16.5. The van der Waals surface area contributed by atoms with Gasteiger partial charge in [0.25, 0.3) is 0 Å². The van der Waals surface area contributed by atoms with Gasteiger partial charge in [0.05, 0.1) is 0 Å². The first-order chi connectivity index (χ1) is 9.36. The number of hydrogen-bond acceptors (Lipinski definition) is 0.